The third kappa shape index (κ3) is 3.00. The van der Waals surface area contributed by atoms with Crippen molar-refractivity contribution in [2.75, 3.05) is 18.0 Å². The van der Waals surface area contributed by atoms with Crippen molar-refractivity contribution < 1.29 is 8.78 Å². The summed E-state index contributed by atoms with van der Waals surface area (Å²) in [6.45, 7) is 3.25. The van der Waals surface area contributed by atoms with Gasteiger partial charge in [-0.15, -0.1) is 0 Å². The van der Waals surface area contributed by atoms with Crippen molar-refractivity contribution in [2.24, 2.45) is 5.73 Å². The van der Waals surface area contributed by atoms with Crippen molar-refractivity contribution in [3.8, 4) is 11.3 Å². The number of aromatic nitrogens is 1. The topological polar surface area (TPSA) is 62.1 Å². The van der Waals surface area contributed by atoms with Crippen LogP contribution in [-0.4, -0.2) is 24.1 Å². The van der Waals surface area contributed by atoms with Gasteiger partial charge in [0.25, 0.3) is 0 Å². The number of pyridine rings is 1. The van der Waals surface area contributed by atoms with E-state index in [2.05, 4.69) is 9.88 Å². The lowest BCUT2D eigenvalue weighted by atomic mass is 10.0. The number of anilines is 1. The van der Waals surface area contributed by atoms with Crippen molar-refractivity contribution in [3.63, 3.8) is 0 Å². The van der Waals surface area contributed by atoms with Gasteiger partial charge in [-0.05, 0) is 43.5 Å². The average Bonchev–Trinajstić information content (AvgIpc) is 3.13. The summed E-state index contributed by atoms with van der Waals surface area (Å²) in [6.07, 6.45) is 2.21. The van der Waals surface area contributed by atoms with Crippen molar-refractivity contribution in [1.82, 2.24) is 4.98 Å². The molecule has 0 bridgehead atoms. The van der Waals surface area contributed by atoms with Gasteiger partial charge >= 0.3 is 0 Å². The van der Waals surface area contributed by atoms with E-state index in [9.17, 15) is 13.6 Å². The summed E-state index contributed by atoms with van der Waals surface area (Å²) in [5.41, 5.74) is 8.44. The molecule has 1 atom stereocenters. The second-order valence-electron chi connectivity index (χ2n) is 7.04. The Morgan fingerprint density at radius 3 is 2.67 bits per heavy atom. The molecule has 140 valence electrons. The summed E-state index contributed by atoms with van der Waals surface area (Å²) in [7, 11) is 0. The number of benzene rings is 2. The molecule has 0 spiro atoms. The summed E-state index contributed by atoms with van der Waals surface area (Å²) in [5.74, 6) is -1.57. The SMILES string of the molecule is Cc1c(-c2ccc(N3CCC[C@@H]3CN)cc2)[nH]c2cc(F)cc(F)c2c1=O. The van der Waals surface area contributed by atoms with Gasteiger partial charge in [0.1, 0.15) is 11.6 Å². The van der Waals surface area contributed by atoms with E-state index in [0.29, 0.717) is 23.8 Å². The maximum absolute atomic E-state index is 14.0. The molecule has 1 aromatic heterocycles. The number of aromatic amines is 1. The van der Waals surface area contributed by atoms with Gasteiger partial charge in [-0.3, -0.25) is 4.79 Å². The van der Waals surface area contributed by atoms with Gasteiger partial charge in [0.2, 0.25) is 0 Å². The third-order valence-corrected chi connectivity index (χ3v) is 5.39. The lowest BCUT2D eigenvalue weighted by Gasteiger charge is -2.26. The van der Waals surface area contributed by atoms with E-state index in [1.807, 2.05) is 24.3 Å². The number of H-pyrrole nitrogens is 1. The maximum Gasteiger partial charge on any atom is 0.195 e. The fraction of sp³-hybridized carbons (Fsp3) is 0.286. The number of rotatable bonds is 3. The predicted molar refractivity (Wildman–Crippen MR) is 104 cm³/mol. The Hall–Kier alpha value is -2.73. The molecule has 2 aromatic carbocycles. The first-order valence-electron chi connectivity index (χ1n) is 9.08. The monoisotopic (exact) mass is 369 g/mol. The summed E-state index contributed by atoms with van der Waals surface area (Å²) < 4.78 is 27.6. The van der Waals surface area contributed by atoms with E-state index in [-0.39, 0.29) is 10.9 Å². The minimum atomic E-state index is -0.849. The Morgan fingerprint density at radius 1 is 1.22 bits per heavy atom. The number of nitrogens with one attached hydrogen (secondary N) is 1. The first-order valence-corrected chi connectivity index (χ1v) is 9.08. The number of nitrogens with two attached hydrogens (primary N) is 1. The normalized spacial score (nSPS) is 17.0. The summed E-state index contributed by atoms with van der Waals surface area (Å²) in [5, 5.41) is -0.114. The van der Waals surface area contributed by atoms with Crippen LogP contribution in [0.4, 0.5) is 14.5 Å². The molecule has 4 rings (SSSR count). The highest BCUT2D eigenvalue weighted by molar-refractivity contribution is 5.84. The van der Waals surface area contributed by atoms with Crippen LogP contribution in [0.3, 0.4) is 0 Å². The van der Waals surface area contributed by atoms with Gasteiger partial charge in [-0.2, -0.15) is 0 Å². The van der Waals surface area contributed by atoms with E-state index in [4.69, 9.17) is 5.73 Å². The van der Waals surface area contributed by atoms with Crippen LogP contribution >= 0.6 is 0 Å². The molecule has 0 unspecified atom stereocenters. The number of halogens is 2. The van der Waals surface area contributed by atoms with Crippen LogP contribution in [-0.2, 0) is 0 Å². The largest absolute Gasteiger partial charge is 0.367 e. The Balaban J connectivity index is 1.78. The zero-order valence-electron chi connectivity index (χ0n) is 15.1. The fourth-order valence-corrected chi connectivity index (χ4v) is 3.96. The van der Waals surface area contributed by atoms with Crippen LogP contribution in [0.1, 0.15) is 18.4 Å². The molecule has 2 heterocycles. The lowest BCUT2D eigenvalue weighted by molar-refractivity contribution is 0.591. The molecule has 4 nitrogen and oxygen atoms in total. The molecule has 27 heavy (non-hydrogen) atoms. The zero-order valence-corrected chi connectivity index (χ0v) is 15.1. The lowest BCUT2D eigenvalue weighted by Crippen LogP contribution is -2.35. The average molecular weight is 369 g/mol. The Labute approximate surface area is 155 Å². The number of nitrogens with zero attached hydrogens (tertiary/aromatic N) is 1. The van der Waals surface area contributed by atoms with E-state index in [1.54, 1.807) is 6.92 Å². The first-order chi connectivity index (χ1) is 13.0. The smallest absolute Gasteiger partial charge is 0.195 e. The molecular formula is C21H21F2N3O. The van der Waals surface area contributed by atoms with Crippen molar-refractivity contribution >= 4 is 16.6 Å². The predicted octanol–water partition coefficient (Wildman–Crippen LogP) is 3.71. The maximum atomic E-state index is 14.0. The Bertz CT molecular complexity index is 1060. The Kier molecular flexibility index (Phi) is 4.44. The Morgan fingerprint density at radius 2 is 1.96 bits per heavy atom. The second kappa shape index (κ2) is 6.78. The molecule has 1 fully saturated rings. The van der Waals surface area contributed by atoms with Crippen LogP contribution in [0.5, 0.6) is 0 Å². The van der Waals surface area contributed by atoms with Crippen molar-refractivity contribution in [1.29, 1.82) is 0 Å². The second-order valence-corrected chi connectivity index (χ2v) is 7.04. The molecule has 0 aliphatic carbocycles. The van der Waals surface area contributed by atoms with Crippen LogP contribution in [0.15, 0.2) is 41.2 Å². The highest BCUT2D eigenvalue weighted by Crippen LogP contribution is 2.29. The minimum Gasteiger partial charge on any atom is -0.367 e. The molecule has 0 radical (unpaired) electrons. The summed E-state index contributed by atoms with van der Waals surface area (Å²) in [6, 6.07) is 10.1. The molecule has 1 aliphatic rings. The molecule has 1 saturated heterocycles. The van der Waals surface area contributed by atoms with Gasteiger partial charge < -0.3 is 15.6 Å². The number of hydrogen-bond donors (Lipinski definition) is 2. The number of hydrogen-bond acceptors (Lipinski definition) is 3. The molecule has 0 saturated carbocycles. The highest BCUT2D eigenvalue weighted by Gasteiger charge is 2.23. The first kappa shape index (κ1) is 17.7. The van der Waals surface area contributed by atoms with E-state index < -0.39 is 17.1 Å². The minimum absolute atomic E-state index is 0.114. The van der Waals surface area contributed by atoms with Crippen LogP contribution in [0.25, 0.3) is 22.2 Å². The summed E-state index contributed by atoms with van der Waals surface area (Å²) >= 11 is 0. The number of fused-ring (bicyclic) bond motifs is 1. The standard InChI is InChI=1S/C21H21F2N3O/c1-12-20(25-18-10-14(22)9-17(23)19(18)21(12)27)13-4-6-15(7-5-13)26-8-2-3-16(26)11-24/h4-7,9-10,16H,2-3,8,11,24H2,1H3,(H,25,27)/t16-/m1/s1. The van der Waals surface area contributed by atoms with Crippen LogP contribution < -0.4 is 16.1 Å². The van der Waals surface area contributed by atoms with Gasteiger partial charge in [-0.25, -0.2) is 8.78 Å². The van der Waals surface area contributed by atoms with Gasteiger partial charge in [-0.1, -0.05) is 12.1 Å². The van der Waals surface area contributed by atoms with E-state index in [1.165, 1.54) is 0 Å². The molecule has 1 aliphatic heterocycles. The van der Waals surface area contributed by atoms with E-state index >= 15 is 0 Å². The zero-order chi connectivity index (χ0) is 19.1. The molecule has 3 aromatic rings. The van der Waals surface area contributed by atoms with E-state index in [0.717, 1.165) is 42.8 Å². The molecule has 0 amide bonds. The molecule has 6 heteroatoms. The highest BCUT2D eigenvalue weighted by atomic mass is 19.1. The molecular weight excluding hydrogens is 348 g/mol. The van der Waals surface area contributed by atoms with Gasteiger partial charge in [0, 0.05) is 36.4 Å². The van der Waals surface area contributed by atoms with Crippen LogP contribution in [0, 0.1) is 18.6 Å². The van der Waals surface area contributed by atoms with Gasteiger partial charge in [0.05, 0.1) is 16.6 Å². The van der Waals surface area contributed by atoms with Crippen molar-refractivity contribution in [3.05, 3.63) is 63.8 Å². The van der Waals surface area contributed by atoms with Crippen molar-refractivity contribution in [2.45, 2.75) is 25.8 Å². The summed E-state index contributed by atoms with van der Waals surface area (Å²) in [4.78, 5) is 17.9. The van der Waals surface area contributed by atoms with Crippen LogP contribution in [0.2, 0.25) is 0 Å². The fourth-order valence-electron chi connectivity index (χ4n) is 3.96. The van der Waals surface area contributed by atoms with Gasteiger partial charge in [0.15, 0.2) is 5.43 Å². The molecule has 3 N–H and O–H groups in total. The quantitative estimate of drug-likeness (QED) is 0.740. The third-order valence-electron chi connectivity index (χ3n) is 5.39.